The van der Waals surface area contributed by atoms with E-state index in [1.807, 2.05) is 13.8 Å². The fourth-order valence-electron chi connectivity index (χ4n) is 1.74. The second-order valence-electron chi connectivity index (χ2n) is 5.12. The van der Waals surface area contributed by atoms with E-state index in [1.54, 1.807) is 13.0 Å². The largest absolute Gasteiger partial charge is 0.491 e. The number of rotatable bonds is 9. The summed E-state index contributed by atoms with van der Waals surface area (Å²) in [5.74, 6) is 0.471. The Bertz CT molecular complexity index is 464. The zero-order chi connectivity index (χ0) is 15.8. The van der Waals surface area contributed by atoms with Crippen molar-refractivity contribution >= 4 is 11.4 Å². The highest BCUT2D eigenvalue weighted by molar-refractivity contribution is 5.56. The van der Waals surface area contributed by atoms with Crippen LogP contribution in [0.25, 0.3) is 0 Å². The number of anilines is 1. The minimum Gasteiger partial charge on any atom is -0.491 e. The van der Waals surface area contributed by atoms with Crippen LogP contribution in [0, 0.1) is 10.1 Å². The summed E-state index contributed by atoms with van der Waals surface area (Å²) in [6.07, 6.45) is -0.443. The van der Waals surface area contributed by atoms with Crippen molar-refractivity contribution in [3.63, 3.8) is 0 Å². The summed E-state index contributed by atoms with van der Waals surface area (Å²) < 4.78 is 5.51. The monoisotopic (exact) mass is 297 g/mol. The number of nitrogens with one attached hydrogen (secondary N) is 2. The van der Waals surface area contributed by atoms with Crippen molar-refractivity contribution in [1.29, 1.82) is 0 Å². The molecule has 0 saturated heterocycles. The number of aliphatic hydroxyl groups excluding tert-OH is 1. The van der Waals surface area contributed by atoms with Gasteiger partial charge in [0, 0.05) is 37.5 Å². The van der Waals surface area contributed by atoms with Crippen molar-refractivity contribution in [1.82, 2.24) is 5.32 Å². The highest BCUT2D eigenvalue weighted by Crippen LogP contribution is 2.26. The molecular formula is C14H23N3O4. The third-order valence-electron chi connectivity index (χ3n) is 2.54. The third kappa shape index (κ3) is 6.92. The van der Waals surface area contributed by atoms with Crippen LogP contribution in [-0.4, -0.2) is 41.9 Å². The molecule has 0 bridgehead atoms. The maximum atomic E-state index is 10.9. The molecule has 7 heteroatoms. The van der Waals surface area contributed by atoms with E-state index >= 15 is 0 Å². The van der Waals surface area contributed by atoms with Crippen LogP contribution in [0.3, 0.4) is 0 Å². The number of hydrogen-bond acceptors (Lipinski definition) is 6. The summed E-state index contributed by atoms with van der Waals surface area (Å²) in [5.41, 5.74) is 0.631. The number of nitro groups is 1. The standard InChI is InChI=1S/C14H23N3O4/c1-10(2)21-14-7-12(6-13(8-14)17(19)20)16-5-4-15-9-11(3)18/h6-8,10-11,15-16,18H,4-5,9H2,1-3H3. The lowest BCUT2D eigenvalue weighted by Gasteiger charge is -2.13. The van der Waals surface area contributed by atoms with Gasteiger partial charge in [-0.3, -0.25) is 10.1 Å². The molecule has 0 radical (unpaired) electrons. The minimum absolute atomic E-state index is 0.00686. The smallest absolute Gasteiger partial charge is 0.275 e. The van der Waals surface area contributed by atoms with Crippen LogP contribution in [0.15, 0.2) is 18.2 Å². The van der Waals surface area contributed by atoms with Gasteiger partial charge in [-0.25, -0.2) is 0 Å². The number of non-ortho nitro benzene ring substituents is 1. The van der Waals surface area contributed by atoms with Crippen LogP contribution >= 0.6 is 0 Å². The van der Waals surface area contributed by atoms with E-state index < -0.39 is 11.0 Å². The molecule has 1 rings (SSSR count). The van der Waals surface area contributed by atoms with Gasteiger partial charge in [0.05, 0.1) is 23.2 Å². The van der Waals surface area contributed by atoms with Gasteiger partial charge in [-0.05, 0) is 20.8 Å². The molecule has 118 valence electrons. The average molecular weight is 297 g/mol. The molecule has 0 spiro atoms. The van der Waals surface area contributed by atoms with E-state index in [4.69, 9.17) is 9.84 Å². The van der Waals surface area contributed by atoms with Crippen LogP contribution in [0.4, 0.5) is 11.4 Å². The van der Waals surface area contributed by atoms with E-state index in [0.717, 1.165) is 0 Å². The zero-order valence-corrected chi connectivity index (χ0v) is 12.6. The van der Waals surface area contributed by atoms with Gasteiger partial charge in [0.25, 0.3) is 5.69 Å². The quantitative estimate of drug-likeness (QED) is 0.365. The molecule has 0 aliphatic rings. The van der Waals surface area contributed by atoms with Gasteiger partial charge < -0.3 is 20.5 Å². The fraction of sp³-hybridized carbons (Fsp3) is 0.571. The molecule has 0 amide bonds. The molecule has 1 aromatic carbocycles. The highest BCUT2D eigenvalue weighted by atomic mass is 16.6. The molecule has 0 saturated carbocycles. The average Bonchev–Trinajstić information content (AvgIpc) is 2.36. The van der Waals surface area contributed by atoms with E-state index in [1.165, 1.54) is 12.1 Å². The topological polar surface area (TPSA) is 96.7 Å². The molecule has 1 unspecified atom stereocenters. The maximum absolute atomic E-state index is 10.9. The fourth-order valence-corrected chi connectivity index (χ4v) is 1.74. The molecule has 0 fully saturated rings. The van der Waals surface area contributed by atoms with Crippen molar-refractivity contribution in [3.05, 3.63) is 28.3 Å². The van der Waals surface area contributed by atoms with Gasteiger partial charge in [-0.15, -0.1) is 0 Å². The van der Waals surface area contributed by atoms with Crippen LogP contribution < -0.4 is 15.4 Å². The van der Waals surface area contributed by atoms with E-state index in [0.29, 0.717) is 31.1 Å². The normalized spacial score (nSPS) is 12.2. The Kier molecular flexibility index (Phi) is 6.90. The molecule has 0 aliphatic heterocycles. The van der Waals surface area contributed by atoms with Crippen molar-refractivity contribution < 1.29 is 14.8 Å². The molecule has 3 N–H and O–H groups in total. The Morgan fingerprint density at radius 2 is 2.00 bits per heavy atom. The third-order valence-corrected chi connectivity index (χ3v) is 2.54. The summed E-state index contributed by atoms with van der Waals surface area (Å²) in [7, 11) is 0. The first-order valence-electron chi connectivity index (χ1n) is 6.97. The van der Waals surface area contributed by atoms with E-state index in [9.17, 15) is 10.1 Å². The molecule has 21 heavy (non-hydrogen) atoms. The summed E-state index contributed by atoms with van der Waals surface area (Å²) in [4.78, 5) is 10.5. The minimum atomic E-state index is -0.440. The number of ether oxygens (including phenoxy) is 1. The molecule has 7 nitrogen and oxygen atoms in total. The van der Waals surface area contributed by atoms with Crippen molar-refractivity contribution in [2.24, 2.45) is 0 Å². The number of nitrogens with zero attached hydrogens (tertiary/aromatic N) is 1. The summed E-state index contributed by atoms with van der Waals surface area (Å²) in [6.45, 7) is 7.19. The summed E-state index contributed by atoms with van der Waals surface area (Å²) in [6, 6.07) is 4.63. The highest BCUT2D eigenvalue weighted by Gasteiger charge is 2.11. The van der Waals surface area contributed by atoms with Gasteiger partial charge >= 0.3 is 0 Å². The summed E-state index contributed by atoms with van der Waals surface area (Å²) in [5, 5.41) is 26.2. The van der Waals surface area contributed by atoms with Crippen LogP contribution in [0.5, 0.6) is 5.75 Å². The van der Waals surface area contributed by atoms with Crippen molar-refractivity contribution in [3.8, 4) is 5.75 Å². The SMILES string of the molecule is CC(O)CNCCNc1cc(OC(C)C)cc([N+](=O)[O-])c1. The lowest BCUT2D eigenvalue weighted by molar-refractivity contribution is -0.384. The molecule has 0 aromatic heterocycles. The van der Waals surface area contributed by atoms with Gasteiger partial charge in [0.15, 0.2) is 0 Å². The molecule has 1 aromatic rings. The number of hydrogen-bond donors (Lipinski definition) is 3. The Morgan fingerprint density at radius 1 is 1.29 bits per heavy atom. The lowest BCUT2D eigenvalue weighted by atomic mass is 10.2. The maximum Gasteiger partial charge on any atom is 0.275 e. The van der Waals surface area contributed by atoms with Gasteiger partial charge in [0.1, 0.15) is 5.75 Å². The molecular weight excluding hydrogens is 274 g/mol. The molecule has 0 aliphatic carbocycles. The Morgan fingerprint density at radius 3 is 2.57 bits per heavy atom. The number of benzene rings is 1. The Labute approximate surface area is 124 Å². The second kappa shape index (κ2) is 8.43. The van der Waals surface area contributed by atoms with Crippen LogP contribution in [-0.2, 0) is 0 Å². The number of nitro benzene ring substituents is 1. The van der Waals surface area contributed by atoms with Crippen molar-refractivity contribution in [2.75, 3.05) is 25.0 Å². The van der Waals surface area contributed by atoms with Crippen LogP contribution in [0.2, 0.25) is 0 Å². The molecule has 0 heterocycles. The predicted molar refractivity (Wildman–Crippen MR) is 81.9 cm³/mol. The lowest BCUT2D eigenvalue weighted by Crippen LogP contribution is -2.28. The van der Waals surface area contributed by atoms with Crippen molar-refractivity contribution in [2.45, 2.75) is 33.0 Å². The molecule has 1 atom stereocenters. The first-order valence-corrected chi connectivity index (χ1v) is 6.97. The number of aliphatic hydroxyl groups is 1. The zero-order valence-electron chi connectivity index (χ0n) is 12.6. The Balaban J connectivity index is 2.63. The predicted octanol–water partition coefficient (Wildman–Crippen LogP) is 1.76. The van der Waals surface area contributed by atoms with E-state index in [2.05, 4.69) is 10.6 Å². The first kappa shape index (κ1) is 17.2. The van der Waals surface area contributed by atoms with E-state index in [-0.39, 0.29) is 11.8 Å². The summed E-state index contributed by atoms with van der Waals surface area (Å²) >= 11 is 0. The van der Waals surface area contributed by atoms with Gasteiger partial charge in [0.2, 0.25) is 0 Å². The van der Waals surface area contributed by atoms with Gasteiger partial charge in [-0.2, -0.15) is 0 Å². The first-order chi connectivity index (χ1) is 9.88. The van der Waals surface area contributed by atoms with Gasteiger partial charge in [-0.1, -0.05) is 0 Å². The van der Waals surface area contributed by atoms with Crippen LogP contribution in [0.1, 0.15) is 20.8 Å². The second-order valence-corrected chi connectivity index (χ2v) is 5.12. The Hall–Kier alpha value is -1.86.